The van der Waals surface area contributed by atoms with Crippen molar-refractivity contribution in [3.05, 3.63) is 30.1 Å². The average molecular weight is 498 g/mol. The van der Waals surface area contributed by atoms with E-state index in [9.17, 15) is 23.9 Å². The van der Waals surface area contributed by atoms with Crippen molar-refractivity contribution >= 4 is 18.2 Å². The number of amides is 2. The number of benzene rings is 1. The summed E-state index contributed by atoms with van der Waals surface area (Å²) >= 11 is 0. The van der Waals surface area contributed by atoms with Gasteiger partial charge in [0.05, 0.1) is 6.10 Å². The molecule has 196 valence electrons. The number of carbonyl (C=O) groups excluding carboxylic acids is 3. The van der Waals surface area contributed by atoms with Crippen LogP contribution in [0.25, 0.3) is 0 Å². The first-order chi connectivity index (χ1) is 16.1. The van der Waals surface area contributed by atoms with Crippen molar-refractivity contribution in [1.29, 1.82) is 0 Å². The lowest BCUT2D eigenvalue weighted by molar-refractivity contribution is -0.161. The van der Waals surface area contributed by atoms with Gasteiger partial charge in [0.1, 0.15) is 34.9 Å². The third kappa shape index (κ3) is 8.69. The Morgan fingerprint density at radius 3 is 2.14 bits per heavy atom. The molecule has 35 heavy (non-hydrogen) atoms. The Labute approximate surface area is 205 Å². The average Bonchev–Trinajstić information content (AvgIpc) is 2.71. The number of hydrogen-bond donors (Lipinski definition) is 1. The minimum absolute atomic E-state index is 0.00772. The number of rotatable bonds is 3. The Bertz CT molecular complexity index is 879. The number of aliphatic hydroxyl groups is 1. The van der Waals surface area contributed by atoms with Gasteiger partial charge in [0.25, 0.3) is 0 Å². The Hall–Kier alpha value is -2.88. The fourth-order valence-corrected chi connectivity index (χ4v) is 3.50. The molecule has 0 saturated carbocycles. The van der Waals surface area contributed by atoms with Gasteiger partial charge < -0.3 is 24.1 Å². The number of imide groups is 1. The monoisotopic (exact) mass is 497 g/mol. The van der Waals surface area contributed by atoms with Crippen molar-refractivity contribution in [3.8, 4) is 5.75 Å². The molecule has 1 aromatic rings. The first kappa shape index (κ1) is 28.4. The minimum Gasteiger partial charge on any atom is -0.484 e. The summed E-state index contributed by atoms with van der Waals surface area (Å²) in [5.74, 6) is -1.23. The second kappa shape index (κ2) is 11.2. The highest BCUT2D eigenvalue weighted by molar-refractivity contribution is 5.94. The Morgan fingerprint density at radius 1 is 1.06 bits per heavy atom. The predicted molar refractivity (Wildman–Crippen MR) is 124 cm³/mol. The number of cyclic esters (lactones) is 1. The number of carbonyl (C=O) groups is 3. The van der Waals surface area contributed by atoms with Crippen LogP contribution in [0.2, 0.25) is 0 Å². The van der Waals surface area contributed by atoms with E-state index >= 15 is 0 Å². The van der Waals surface area contributed by atoms with Crippen molar-refractivity contribution in [2.24, 2.45) is 0 Å². The van der Waals surface area contributed by atoms with Crippen LogP contribution in [-0.2, 0) is 19.0 Å². The zero-order valence-electron chi connectivity index (χ0n) is 21.4. The lowest BCUT2D eigenvalue weighted by atomic mass is 10.0. The van der Waals surface area contributed by atoms with Crippen LogP contribution in [0.4, 0.5) is 14.0 Å². The number of hydrogen-bond acceptors (Lipinski definition) is 8. The summed E-state index contributed by atoms with van der Waals surface area (Å²) in [4.78, 5) is 39.8. The molecule has 2 amide bonds. The Morgan fingerprint density at radius 2 is 1.63 bits per heavy atom. The molecule has 0 bridgehead atoms. The normalized spacial score (nSPS) is 23.7. The van der Waals surface area contributed by atoms with Crippen LogP contribution in [-0.4, -0.2) is 63.7 Å². The van der Waals surface area contributed by atoms with E-state index in [0.29, 0.717) is 4.90 Å². The highest BCUT2D eigenvalue weighted by Gasteiger charge is 2.43. The molecule has 9 nitrogen and oxygen atoms in total. The van der Waals surface area contributed by atoms with E-state index in [4.69, 9.17) is 18.9 Å². The fourth-order valence-electron chi connectivity index (χ4n) is 3.50. The summed E-state index contributed by atoms with van der Waals surface area (Å²) < 4.78 is 35.6. The molecule has 1 aliphatic heterocycles. The standard InChI is InChI=1S/C25H36FNO8/c1-15-20(33-17-11-8-10-16(26)14-17)19(28)13-9-12-18(21(29)32-15)27(22(30)34-24(2,3)4)23(31)35-25(5,6)7/h8,10-11,14-15,18-20,28H,9,12-13H2,1-7H3/t15-,18-,19-,20+/m0/s1. The molecular formula is C25H36FNO8. The summed E-state index contributed by atoms with van der Waals surface area (Å²) in [6, 6.07) is 4.04. The molecule has 0 radical (unpaired) electrons. The van der Waals surface area contributed by atoms with Gasteiger partial charge in [-0.1, -0.05) is 6.07 Å². The van der Waals surface area contributed by atoms with Crippen LogP contribution in [0.1, 0.15) is 67.7 Å². The fraction of sp³-hybridized carbons (Fsp3) is 0.640. The summed E-state index contributed by atoms with van der Waals surface area (Å²) in [5.41, 5.74) is -1.87. The van der Waals surface area contributed by atoms with Crippen LogP contribution in [0, 0.1) is 5.82 Å². The molecule has 1 fully saturated rings. The van der Waals surface area contributed by atoms with E-state index in [2.05, 4.69) is 0 Å². The molecule has 2 rings (SSSR count). The summed E-state index contributed by atoms with van der Waals surface area (Å²) in [7, 11) is 0. The molecule has 10 heteroatoms. The maximum absolute atomic E-state index is 13.6. The zero-order chi connectivity index (χ0) is 26.6. The molecule has 1 saturated heterocycles. The van der Waals surface area contributed by atoms with E-state index < -0.39 is 59.5 Å². The maximum atomic E-state index is 13.6. The third-order valence-corrected chi connectivity index (χ3v) is 4.95. The molecule has 4 atom stereocenters. The van der Waals surface area contributed by atoms with Gasteiger partial charge >= 0.3 is 18.2 Å². The first-order valence-electron chi connectivity index (χ1n) is 11.6. The quantitative estimate of drug-likeness (QED) is 0.477. The number of nitrogens with zero attached hydrogens (tertiary/aromatic N) is 1. The van der Waals surface area contributed by atoms with E-state index in [1.54, 1.807) is 41.5 Å². The zero-order valence-corrected chi connectivity index (χ0v) is 21.4. The van der Waals surface area contributed by atoms with E-state index in [1.165, 1.54) is 25.1 Å². The SMILES string of the molecule is C[C@@H]1OC(=O)[C@@H](N(C(=O)OC(C)(C)C)C(=O)OC(C)(C)C)CCC[C@H](O)[C@@H]1Oc1cccc(F)c1. The number of esters is 1. The molecule has 0 aliphatic carbocycles. The first-order valence-corrected chi connectivity index (χ1v) is 11.6. The minimum atomic E-state index is -1.35. The smallest absolute Gasteiger partial charge is 0.420 e. The topological polar surface area (TPSA) is 112 Å². The van der Waals surface area contributed by atoms with Gasteiger partial charge in [-0.15, -0.1) is 0 Å². The third-order valence-electron chi connectivity index (χ3n) is 4.95. The maximum Gasteiger partial charge on any atom is 0.420 e. The Balaban J connectivity index is 2.33. The summed E-state index contributed by atoms with van der Waals surface area (Å²) in [6.45, 7) is 11.3. The predicted octanol–water partition coefficient (Wildman–Crippen LogP) is 4.59. The summed E-state index contributed by atoms with van der Waals surface area (Å²) in [5, 5.41) is 10.7. The largest absolute Gasteiger partial charge is 0.484 e. The second-order valence-corrected chi connectivity index (χ2v) is 10.5. The molecule has 1 aliphatic rings. The van der Waals surface area contributed by atoms with Crippen molar-refractivity contribution in [1.82, 2.24) is 4.90 Å². The van der Waals surface area contributed by atoms with E-state index in [-0.39, 0.29) is 25.0 Å². The molecule has 1 N–H and O–H groups in total. The van der Waals surface area contributed by atoms with Gasteiger partial charge in [-0.2, -0.15) is 4.90 Å². The Kier molecular flexibility index (Phi) is 9.11. The van der Waals surface area contributed by atoms with E-state index in [1.807, 2.05) is 0 Å². The van der Waals surface area contributed by atoms with Gasteiger partial charge in [0, 0.05) is 6.07 Å². The highest BCUT2D eigenvalue weighted by Crippen LogP contribution is 2.26. The van der Waals surface area contributed by atoms with Crippen LogP contribution in [0.3, 0.4) is 0 Å². The number of aliphatic hydroxyl groups excluding tert-OH is 1. The molecule has 0 aromatic heterocycles. The summed E-state index contributed by atoms with van der Waals surface area (Å²) in [6.07, 6.45) is -4.71. The van der Waals surface area contributed by atoms with Gasteiger partial charge in [0.2, 0.25) is 0 Å². The molecule has 1 heterocycles. The van der Waals surface area contributed by atoms with Crippen molar-refractivity contribution in [2.75, 3.05) is 0 Å². The number of halogens is 1. The van der Waals surface area contributed by atoms with Crippen molar-refractivity contribution in [2.45, 2.75) is 103 Å². The van der Waals surface area contributed by atoms with Gasteiger partial charge in [0.15, 0.2) is 6.10 Å². The van der Waals surface area contributed by atoms with Crippen LogP contribution >= 0.6 is 0 Å². The molecule has 1 aromatic carbocycles. The number of ether oxygens (including phenoxy) is 4. The van der Waals surface area contributed by atoms with E-state index in [0.717, 1.165) is 6.07 Å². The molecule has 0 spiro atoms. The second-order valence-electron chi connectivity index (χ2n) is 10.5. The lowest BCUT2D eigenvalue weighted by Crippen LogP contribution is -2.53. The van der Waals surface area contributed by atoms with Gasteiger partial charge in [-0.25, -0.2) is 18.8 Å². The van der Waals surface area contributed by atoms with Crippen molar-refractivity contribution < 1.29 is 42.8 Å². The van der Waals surface area contributed by atoms with Crippen LogP contribution in [0.15, 0.2) is 24.3 Å². The van der Waals surface area contributed by atoms with Crippen LogP contribution < -0.4 is 4.74 Å². The van der Waals surface area contributed by atoms with Crippen molar-refractivity contribution in [3.63, 3.8) is 0 Å². The molecular weight excluding hydrogens is 461 g/mol. The van der Waals surface area contributed by atoms with Crippen LogP contribution in [0.5, 0.6) is 5.75 Å². The highest BCUT2D eigenvalue weighted by atomic mass is 19.1. The van der Waals surface area contributed by atoms with Gasteiger partial charge in [-0.3, -0.25) is 0 Å². The molecule has 0 unspecified atom stereocenters. The lowest BCUT2D eigenvalue weighted by Gasteiger charge is -2.33. The van der Waals surface area contributed by atoms with Gasteiger partial charge in [-0.05, 0) is 79.9 Å².